The molecule has 0 aliphatic carbocycles. The minimum atomic E-state index is -4.81. The van der Waals surface area contributed by atoms with Crippen LogP contribution in [0.15, 0.2) is 47.0 Å². The lowest BCUT2D eigenvalue weighted by Gasteiger charge is -2.21. The van der Waals surface area contributed by atoms with Crippen molar-refractivity contribution < 1.29 is 32.1 Å². The van der Waals surface area contributed by atoms with Crippen LogP contribution in [0.25, 0.3) is 0 Å². The average molecular weight is 506 g/mol. The monoisotopic (exact) mass is 504 g/mol. The molecule has 164 valence electrons. The highest BCUT2D eigenvalue weighted by atomic mass is 35.5. The van der Waals surface area contributed by atoms with Crippen LogP contribution in [0.3, 0.4) is 0 Å². The van der Waals surface area contributed by atoms with E-state index in [-0.39, 0.29) is 32.6 Å². The second-order valence-electron chi connectivity index (χ2n) is 5.62. The second kappa shape index (κ2) is 11.1. The van der Waals surface area contributed by atoms with Crippen molar-refractivity contribution in [2.75, 3.05) is 6.61 Å². The maximum absolute atomic E-state index is 12.4. The van der Waals surface area contributed by atoms with Crippen LogP contribution in [-0.4, -0.2) is 19.3 Å². The zero-order chi connectivity index (χ0) is 22.3. The Balaban J connectivity index is 2.10. The zero-order valence-electron chi connectivity index (χ0n) is 15.3. The van der Waals surface area contributed by atoms with Crippen molar-refractivity contribution in [3.8, 4) is 23.0 Å². The lowest BCUT2D eigenvalue weighted by molar-refractivity contribution is -0.274. The van der Waals surface area contributed by atoms with Gasteiger partial charge < -0.3 is 18.9 Å². The fourth-order valence-electron chi connectivity index (χ4n) is 2.15. The molecule has 0 saturated heterocycles. The van der Waals surface area contributed by atoms with E-state index in [1.807, 2.05) is 0 Å². The minimum Gasteiger partial charge on any atom is -0.489 e. The van der Waals surface area contributed by atoms with Crippen molar-refractivity contribution in [1.29, 1.82) is 0 Å². The molecule has 0 fully saturated rings. The molecular formula is C19H15Cl4F3O4. The van der Waals surface area contributed by atoms with E-state index in [0.717, 1.165) is 12.1 Å². The largest absolute Gasteiger partial charge is 0.573 e. The fourth-order valence-corrected chi connectivity index (χ4v) is 2.83. The quantitative estimate of drug-likeness (QED) is 0.326. The van der Waals surface area contributed by atoms with Gasteiger partial charge in [-0.1, -0.05) is 59.4 Å². The summed E-state index contributed by atoms with van der Waals surface area (Å²) < 4.78 is 57.8. The van der Waals surface area contributed by atoms with Crippen LogP contribution in [-0.2, 0) is 0 Å². The van der Waals surface area contributed by atoms with Gasteiger partial charge in [-0.05, 0) is 18.2 Å². The Bertz CT molecular complexity index is 863. The highest BCUT2D eigenvalue weighted by Crippen LogP contribution is 2.38. The third-order valence-corrected chi connectivity index (χ3v) is 4.22. The number of benzene rings is 2. The van der Waals surface area contributed by atoms with Gasteiger partial charge in [-0.3, -0.25) is 0 Å². The average Bonchev–Trinajstić information content (AvgIpc) is 2.62. The number of hydrogen-bond donors (Lipinski definition) is 0. The van der Waals surface area contributed by atoms with Gasteiger partial charge in [0.25, 0.3) is 0 Å². The van der Waals surface area contributed by atoms with E-state index in [1.54, 1.807) is 6.92 Å². The summed E-state index contributed by atoms with van der Waals surface area (Å²) >= 11 is 23.5. The Morgan fingerprint density at radius 3 is 2.20 bits per heavy atom. The van der Waals surface area contributed by atoms with Crippen LogP contribution in [0.2, 0.25) is 10.0 Å². The summed E-state index contributed by atoms with van der Waals surface area (Å²) in [6.07, 6.45) is -3.91. The smallest absolute Gasteiger partial charge is 0.489 e. The fraction of sp³-hybridized carbons (Fsp3) is 0.263. The topological polar surface area (TPSA) is 36.9 Å². The summed E-state index contributed by atoms with van der Waals surface area (Å²) in [6.45, 7) is 1.86. The van der Waals surface area contributed by atoms with Crippen molar-refractivity contribution in [3.63, 3.8) is 0 Å². The molecule has 1 atom stereocenters. The summed E-state index contributed by atoms with van der Waals surface area (Å²) in [6, 6.07) is 8.02. The first-order valence-electron chi connectivity index (χ1n) is 8.39. The normalized spacial score (nSPS) is 12.1. The lowest BCUT2D eigenvalue weighted by atomic mass is 10.3. The molecular weight excluding hydrogens is 491 g/mol. The number of hydrogen-bond acceptors (Lipinski definition) is 4. The molecule has 0 N–H and O–H groups in total. The molecule has 1 unspecified atom stereocenters. The molecule has 0 amide bonds. The molecule has 0 bridgehead atoms. The molecule has 0 aliphatic heterocycles. The van der Waals surface area contributed by atoms with E-state index in [4.69, 9.17) is 60.6 Å². The van der Waals surface area contributed by atoms with Crippen LogP contribution in [0.5, 0.6) is 23.0 Å². The van der Waals surface area contributed by atoms with E-state index in [9.17, 15) is 13.2 Å². The molecule has 2 aromatic rings. The first-order chi connectivity index (χ1) is 14.1. The van der Waals surface area contributed by atoms with E-state index in [2.05, 4.69) is 4.74 Å². The third kappa shape index (κ3) is 8.22. The molecule has 2 aromatic carbocycles. The Kier molecular flexibility index (Phi) is 9.09. The molecule has 11 heteroatoms. The predicted molar refractivity (Wildman–Crippen MR) is 110 cm³/mol. The number of ether oxygens (including phenoxy) is 4. The summed E-state index contributed by atoms with van der Waals surface area (Å²) in [4.78, 5) is 0. The van der Waals surface area contributed by atoms with E-state index in [0.29, 0.717) is 12.2 Å². The molecule has 0 aliphatic rings. The van der Waals surface area contributed by atoms with Crippen molar-refractivity contribution in [3.05, 3.63) is 57.0 Å². The molecule has 0 aromatic heterocycles. The van der Waals surface area contributed by atoms with Crippen molar-refractivity contribution in [2.45, 2.75) is 26.0 Å². The molecule has 0 saturated carbocycles. The van der Waals surface area contributed by atoms with Crippen LogP contribution < -0.4 is 18.9 Å². The predicted octanol–water partition coefficient (Wildman–Crippen LogP) is 7.78. The van der Waals surface area contributed by atoms with Crippen LogP contribution in [0.1, 0.15) is 13.3 Å². The summed E-state index contributed by atoms with van der Waals surface area (Å²) in [5, 5.41) is 0.296. The second-order valence-corrected chi connectivity index (χ2v) is 7.44. The molecule has 4 nitrogen and oxygen atoms in total. The molecule has 2 rings (SSSR count). The SMILES string of the molecule is CCC(Oc1cccc(OC(F)(F)F)c1)Oc1c(Cl)cc(OCC=C(Cl)Cl)cc1Cl. The van der Waals surface area contributed by atoms with Crippen LogP contribution >= 0.6 is 46.4 Å². The standard InChI is InChI=1S/C19H15Cl4F3O4/c1-2-17(28-11-4-3-5-12(8-11)30-19(24,25)26)29-18-14(20)9-13(10-15(18)21)27-7-6-16(22)23/h3-6,8-10,17H,2,7H2,1H3. The first kappa shape index (κ1) is 24.6. The Morgan fingerprint density at radius 1 is 1.00 bits per heavy atom. The van der Waals surface area contributed by atoms with Gasteiger partial charge in [-0.15, -0.1) is 13.2 Å². The molecule has 0 heterocycles. The van der Waals surface area contributed by atoms with Crippen LogP contribution in [0, 0.1) is 0 Å². The van der Waals surface area contributed by atoms with Gasteiger partial charge in [0, 0.05) is 24.6 Å². The number of alkyl halides is 3. The highest BCUT2D eigenvalue weighted by Gasteiger charge is 2.31. The Morgan fingerprint density at radius 2 is 1.63 bits per heavy atom. The number of rotatable bonds is 9. The molecule has 0 radical (unpaired) electrons. The van der Waals surface area contributed by atoms with E-state index >= 15 is 0 Å². The van der Waals surface area contributed by atoms with Crippen molar-refractivity contribution >= 4 is 46.4 Å². The third-order valence-electron chi connectivity index (χ3n) is 3.35. The highest BCUT2D eigenvalue weighted by molar-refractivity contribution is 6.55. The Hall–Kier alpha value is -1.67. The van der Waals surface area contributed by atoms with Crippen molar-refractivity contribution in [1.82, 2.24) is 0 Å². The van der Waals surface area contributed by atoms with Crippen molar-refractivity contribution in [2.24, 2.45) is 0 Å². The van der Waals surface area contributed by atoms with Crippen LogP contribution in [0.4, 0.5) is 13.2 Å². The van der Waals surface area contributed by atoms with Gasteiger partial charge >= 0.3 is 6.36 Å². The van der Waals surface area contributed by atoms with Gasteiger partial charge in [0.15, 0.2) is 5.75 Å². The lowest BCUT2D eigenvalue weighted by Crippen LogP contribution is -2.23. The van der Waals surface area contributed by atoms with Gasteiger partial charge in [0.05, 0.1) is 10.0 Å². The summed E-state index contributed by atoms with van der Waals surface area (Å²) in [5.41, 5.74) is 0. The van der Waals surface area contributed by atoms with Gasteiger partial charge in [0.2, 0.25) is 6.29 Å². The number of halogens is 7. The molecule has 0 spiro atoms. The minimum absolute atomic E-state index is 0.0554. The summed E-state index contributed by atoms with van der Waals surface area (Å²) in [5.74, 6) is 0.180. The van der Waals surface area contributed by atoms with E-state index < -0.39 is 18.4 Å². The van der Waals surface area contributed by atoms with Gasteiger partial charge in [-0.2, -0.15) is 0 Å². The van der Waals surface area contributed by atoms with Gasteiger partial charge in [-0.25, -0.2) is 0 Å². The maximum Gasteiger partial charge on any atom is 0.573 e. The molecule has 30 heavy (non-hydrogen) atoms. The first-order valence-corrected chi connectivity index (χ1v) is 9.90. The van der Waals surface area contributed by atoms with E-state index in [1.165, 1.54) is 30.3 Å². The zero-order valence-corrected chi connectivity index (χ0v) is 18.3. The van der Waals surface area contributed by atoms with Gasteiger partial charge in [0.1, 0.15) is 28.3 Å². The Labute approximate surface area is 191 Å². The maximum atomic E-state index is 12.4. The summed E-state index contributed by atoms with van der Waals surface area (Å²) in [7, 11) is 0.